The Kier molecular flexibility index (Phi) is 10.7. The molecule has 9 nitrogen and oxygen atoms in total. The molecule has 2 rings (SSSR count). The lowest BCUT2D eigenvalue weighted by Gasteiger charge is -2.24. The van der Waals surface area contributed by atoms with E-state index in [2.05, 4.69) is 5.32 Å². The van der Waals surface area contributed by atoms with Crippen LogP contribution in [0.25, 0.3) is 0 Å². The molecule has 2 unspecified atom stereocenters. The molecular formula is C23H36N2O7S. The second-order valence-electron chi connectivity index (χ2n) is 8.90. The maximum absolute atomic E-state index is 12.2. The molecule has 33 heavy (non-hydrogen) atoms. The van der Waals surface area contributed by atoms with Crippen LogP contribution >= 0.6 is 0 Å². The lowest BCUT2D eigenvalue weighted by molar-refractivity contribution is -0.124. The van der Waals surface area contributed by atoms with Gasteiger partial charge in [-0.2, -0.15) is 0 Å². The van der Waals surface area contributed by atoms with Crippen molar-refractivity contribution in [2.75, 3.05) is 11.6 Å². The number of aliphatic hydroxyl groups is 3. The zero-order chi connectivity index (χ0) is 24.4. The van der Waals surface area contributed by atoms with E-state index in [9.17, 15) is 33.3 Å². The summed E-state index contributed by atoms with van der Waals surface area (Å²) in [7, 11) is -3.53. The van der Waals surface area contributed by atoms with Crippen LogP contribution in [0, 0.1) is 11.8 Å². The third kappa shape index (κ3) is 9.79. The number of benzene rings is 1. The number of aliphatic hydroxyl groups excluding tert-OH is 3. The molecule has 5 atom stereocenters. The Morgan fingerprint density at radius 2 is 1.61 bits per heavy atom. The number of carbonyl (C=O) groups excluding carboxylic acids is 2. The number of anilines is 1. The number of unbranched alkanes of at least 4 members (excludes halogenated alkanes) is 3. The lowest BCUT2D eigenvalue weighted by atomic mass is 9.85. The first-order valence-corrected chi connectivity index (χ1v) is 13.4. The zero-order valence-corrected chi connectivity index (χ0v) is 19.8. The van der Waals surface area contributed by atoms with Crippen LogP contribution in [-0.2, 0) is 19.6 Å². The summed E-state index contributed by atoms with van der Waals surface area (Å²) in [6.07, 6.45) is 3.14. The molecular weight excluding hydrogens is 448 g/mol. The summed E-state index contributed by atoms with van der Waals surface area (Å²) in [4.78, 5) is 23.7. The van der Waals surface area contributed by atoms with Crippen LogP contribution in [0.4, 0.5) is 5.69 Å². The van der Waals surface area contributed by atoms with E-state index >= 15 is 0 Å². The van der Waals surface area contributed by atoms with Gasteiger partial charge in [0.1, 0.15) is 6.10 Å². The average Bonchev–Trinajstić information content (AvgIpc) is 3.00. The molecule has 1 aromatic carbocycles. The summed E-state index contributed by atoms with van der Waals surface area (Å²) in [6.45, 7) is 0. The number of sulfonamides is 1. The van der Waals surface area contributed by atoms with Crippen molar-refractivity contribution in [1.29, 1.82) is 0 Å². The largest absolute Gasteiger partial charge is 0.393 e. The summed E-state index contributed by atoms with van der Waals surface area (Å²) < 4.78 is 24.0. The topological polar surface area (TPSA) is 153 Å². The molecule has 0 aliphatic heterocycles. The van der Waals surface area contributed by atoms with Gasteiger partial charge in [-0.3, -0.25) is 14.3 Å². The van der Waals surface area contributed by atoms with Crippen molar-refractivity contribution in [2.45, 2.75) is 76.1 Å². The highest BCUT2D eigenvalue weighted by Crippen LogP contribution is 2.39. The molecule has 1 aliphatic carbocycles. The summed E-state index contributed by atoms with van der Waals surface area (Å²) >= 11 is 0. The first-order chi connectivity index (χ1) is 15.6. The lowest BCUT2D eigenvalue weighted by Crippen LogP contribution is -2.30. The van der Waals surface area contributed by atoms with Crippen LogP contribution in [-0.4, -0.2) is 60.1 Å². The Bertz CT molecular complexity index is 863. The van der Waals surface area contributed by atoms with Crippen molar-refractivity contribution in [2.24, 2.45) is 11.8 Å². The summed E-state index contributed by atoms with van der Waals surface area (Å²) in [5, 5.41) is 33.6. The minimum Gasteiger partial charge on any atom is -0.393 e. The van der Waals surface area contributed by atoms with Gasteiger partial charge < -0.3 is 20.6 Å². The van der Waals surface area contributed by atoms with Crippen LogP contribution in [0.3, 0.4) is 0 Å². The van der Waals surface area contributed by atoms with Crippen LogP contribution in [0.2, 0.25) is 0 Å². The molecule has 1 fully saturated rings. The highest BCUT2D eigenvalue weighted by atomic mass is 32.2. The molecule has 0 saturated heterocycles. The summed E-state index contributed by atoms with van der Waals surface area (Å²) in [5.74, 6) is -1.31. The van der Waals surface area contributed by atoms with Gasteiger partial charge in [0.05, 0.1) is 18.5 Å². The van der Waals surface area contributed by atoms with Crippen molar-refractivity contribution in [1.82, 2.24) is 4.72 Å². The Morgan fingerprint density at radius 1 is 1.00 bits per heavy atom. The van der Waals surface area contributed by atoms with E-state index in [1.165, 1.54) is 0 Å². The van der Waals surface area contributed by atoms with Crippen LogP contribution in [0.5, 0.6) is 0 Å². The first kappa shape index (κ1) is 27.2. The molecule has 0 spiro atoms. The standard InChI is InChI=1S/C23H36N2O7S/c1-33(31,32)25-22(29)12-8-3-2-7-11-17-18(21(28)15-20(17)27)13-14-19(26)23(30)24-16-9-5-4-6-10-16/h4-6,9-10,17-21,26-28H,2-3,7-8,11-15H2,1H3,(H,24,30)(H,25,29)/t17?,18-,19?,20+,21-/m1/s1. The second-order valence-corrected chi connectivity index (χ2v) is 10.6. The fraction of sp³-hybridized carbons (Fsp3) is 0.652. The fourth-order valence-corrected chi connectivity index (χ4v) is 5.00. The maximum atomic E-state index is 12.2. The van der Waals surface area contributed by atoms with E-state index in [0.29, 0.717) is 24.9 Å². The van der Waals surface area contributed by atoms with Gasteiger partial charge in [-0.25, -0.2) is 8.42 Å². The molecule has 0 aromatic heterocycles. The van der Waals surface area contributed by atoms with Gasteiger partial charge in [0.15, 0.2) is 0 Å². The fourth-order valence-electron chi connectivity index (χ4n) is 4.49. The van der Waals surface area contributed by atoms with E-state index in [-0.39, 0.29) is 31.1 Å². The van der Waals surface area contributed by atoms with Gasteiger partial charge in [-0.1, -0.05) is 37.5 Å². The van der Waals surface area contributed by atoms with Gasteiger partial charge in [0.25, 0.3) is 5.91 Å². The number of amides is 2. The molecule has 2 amide bonds. The molecule has 1 saturated carbocycles. The van der Waals surface area contributed by atoms with Crippen molar-refractivity contribution in [3.05, 3.63) is 30.3 Å². The Hall–Kier alpha value is -2.01. The first-order valence-electron chi connectivity index (χ1n) is 11.5. The number of hydrogen-bond donors (Lipinski definition) is 5. The molecule has 0 heterocycles. The number of hydrogen-bond acceptors (Lipinski definition) is 7. The van der Waals surface area contributed by atoms with Gasteiger partial charge in [-0.05, 0) is 56.1 Å². The minimum absolute atomic E-state index is 0.113. The van der Waals surface area contributed by atoms with Gasteiger partial charge >= 0.3 is 0 Å². The van der Waals surface area contributed by atoms with Crippen LogP contribution in [0.15, 0.2) is 30.3 Å². The predicted molar refractivity (Wildman–Crippen MR) is 125 cm³/mol. The number of para-hydroxylation sites is 1. The SMILES string of the molecule is CS(=O)(=O)NC(=O)CCCCCCC1[C@@H](CCC(O)C(=O)Nc2ccccc2)[C@H](O)C[C@@H]1O. The second kappa shape index (κ2) is 13.0. The zero-order valence-electron chi connectivity index (χ0n) is 19.0. The molecule has 1 aliphatic rings. The van der Waals surface area contributed by atoms with Crippen molar-refractivity contribution < 1.29 is 33.3 Å². The van der Waals surface area contributed by atoms with Crippen molar-refractivity contribution >= 4 is 27.5 Å². The molecule has 0 radical (unpaired) electrons. The molecule has 10 heteroatoms. The number of rotatable bonds is 13. The number of nitrogens with one attached hydrogen (secondary N) is 2. The predicted octanol–water partition coefficient (Wildman–Crippen LogP) is 1.54. The average molecular weight is 485 g/mol. The smallest absolute Gasteiger partial charge is 0.253 e. The molecule has 186 valence electrons. The Balaban J connectivity index is 1.71. The molecule has 0 bridgehead atoms. The monoisotopic (exact) mass is 484 g/mol. The molecule has 1 aromatic rings. The van der Waals surface area contributed by atoms with Crippen LogP contribution < -0.4 is 10.0 Å². The van der Waals surface area contributed by atoms with E-state index in [4.69, 9.17) is 0 Å². The Morgan fingerprint density at radius 3 is 2.24 bits per heavy atom. The quantitative estimate of drug-likeness (QED) is 0.266. The van der Waals surface area contributed by atoms with E-state index in [1.54, 1.807) is 24.3 Å². The third-order valence-corrected chi connectivity index (χ3v) is 6.73. The number of carbonyl (C=O) groups is 2. The van der Waals surface area contributed by atoms with Crippen LogP contribution in [0.1, 0.15) is 57.8 Å². The highest BCUT2D eigenvalue weighted by molar-refractivity contribution is 7.89. The van der Waals surface area contributed by atoms with Crippen molar-refractivity contribution in [3.63, 3.8) is 0 Å². The molecule has 5 N–H and O–H groups in total. The maximum Gasteiger partial charge on any atom is 0.253 e. The summed E-state index contributed by atoms with van der Waals surface area (Å²) in [5.41, 5.74) is 0.601. The van der Waals surface area contributed by atoms with Gasteiger partial charge in [0.2, 0.25) is 15.9 Å². The normalized spacial score (nSPS) is 23.8. The summed E-state index contributed by atoms with van der Waals surface area (Å²) in [6, 6.07) is 8.86. The third-order valence-electron chi connectivity index (χ3n) is 6.13. The minimum atomic E-state index is -3.53. The highest BCUT2D eigenvalue weighted by Gasteiger charge is 2.41. The van der Waals surface area contributed by atoms with Gasteiger partial charge in [-0.15, -0.1) is 0 Å². The van der Waals surface area contributed by atoms with E-state index < -0.39 is 40.1 Å². The van der Waals surface area contributed by atoms with Gasteiger partial charge in [0, 0.05) is 12.1 Å². The van der Waals surface area contributed by atoms with E-state index in [0.717, 1.165) is 25.5 Å². The van der Waals surface area contributed by atoms with E-state index in [1.807, 2.05) is 10.8 Å². The Labute approximate surface area is 195 Å². The van der Waals surface area contributed by atoms with Crippen molar-refractivity contribution in [3.8, 4) is 0 Å².